The number of hydrogen-bond donors (Lipinski definition) is 1. The molecule has 4 heteroatoms. The van der Waals surface area contributed by atoms with Gasteiger partial charge in [-0.25, -0.2) is 4.79 Å². The van der Waals surface area contributed by atoms with Crippen LogP contribution in [-0.4, -0.2) is 11.1 Å². The number of benzene rings is 1. The van der Waals surface area contributed by atoms with Crippen LogP contribution in [0.15, 0.2) is 28.7 Å². The molecule has 0 unspecified atom stereocenters. The number of aryl methyl sites for hydroxylation is 1. The second-order valence-corrected chi connectivity index (χ2v) is 4.03. The summed E-state index contributed by atoms with van der Waals surface area (Å²) in [6.07, 6.45) is 3.79. The third kappa shape index (κ3) is 3.87. The second kappa shape index (κ2) is 6.09. The van der Waals surface area contributed by atoms with E-state index >= 15 is 0 Å². The van der Waals surface area contributed by atoms with E-state index < -0.39 is 5.97 Å². The summed E-state index contributed by atoms with van der Waals surface area (Å²) in [6, 6.07) is 7.65. The summed E-state index contributed by atoms with van der Waals surface area (Å²) in [7, 11) is 0. The third-order valence-electron chi connectivity index (χ3n) is 2.00. The largest absolute Gasteiger partial charge is 0.478 e. The first kappa shape index (κ1) is 12.5. The van der Waals surface area contributed by atoms with E-state index in [1.807, 2.05) is 18.2 Å². The molecule has 0 saturated carbocycles. The second-order valence-electron chi connectivity index (χ2n) is 3.18. The summed E-state index contributed by atoms with van der Waals surface area (Å²) in [5.74, 6) is -0.968. The molecule has 1 aromatic rings. The van der Waals surface area contributed by atoms with Crippen molar-refractivity contribution in [2.75, 3.05) is 0 Å². The Morgan fingerprint density at radius 2 is 2.31 bits per heavy atom. The Bertz CT molecular complexity index is 461. The molecular weight excluding hydrogens is 270 g/mol. The van der Waals surface area contributed by atoms with Gasteiger partial charge < -0.3 is 5.11 Å². The fourth-order valence-corrected chi connectivity index (χ4v) is 1.82. The number of aliphatic carboxylic acids is 1. The molecule has 0 heterocycles. The van der Waals surface area contributed by atoms with Crippen LogP contribution in [0, 0.1) is 11.3 Å². The number of nitriles is 1. The van der Waals surface area contributed by atoms with Crippen molar-refractivity contribution >= 4 is 28.0 Å². The maximum atomic E-state index is 10.3. The summed E-state index contributed by atoms with van der Waals surface area (Å²) in [6.45, 7) is 0. The van der Waals surface area contributed by atoms with Gasteiger partial charge in [0.05, 0.1) is 6.07 Å². The Hall–Kier alpha value is -1.60. The number of carboxylic acids is 1. The van der Waals surface area contributed by atoms with E-state index in [-0.39, 0.29) is 0 Å². The smallest absolute Gasteiger partial charge is 0.328 e. The molecule has 0 atom stereocenters. The SMILES string of the molecule is N#CCCc1ccc(/C=C/C(=O)O)cc1Br. The van der Waals surface area contributed by atoms with E-state index in [2.05, 4.69) is 22.0 Å². The molecule has 1 aromatic carbocycles. The number of rotatable bonds is 4. The highest BCUT2D eigenvalue weighted by Gasteiger charge is 2.00. The number of nitrogens with zero attached hydrogens (tertiary/aromatic N) is 1. The summed E-state index contributed by atoms with van der Waals surface area (Å²) in [5.41, 5.74) is 1.86. The van der Waals surface area contributed by atoms with Crippen molar-refractivity contribution in [3.8, 4) is 6.07 Å². The first-order valence-electron chi connectivity index (χ1n) is 4.70. The van der Waals surface area contributed by atoms with Crippen LogP contribution in [0.2, 0.25) is 0 Å². The Kier molecular flexibility index (Phi) is 4.74. The van der Waals surface area contributed by atoms with Gasteiger partial charge in [-0.05, 0) is 29.7 Å². The first-order valence-corrected chi connectivity index (χ1v) is 5.49. The Labute approximate surface area is 102 Å². The molecule has 0 aliphatic carbocycles. The summed E-state index contributed by atoms with van der Waals surface area (Å²) in [4.78, 5) is 10.3. The molecule has 0 spiro atoms. The van der Waals surface area contributed by atoms with Gasteiger partial charge in [0.1, 0.15) is 0 Å². The molecule has 1 rings (SSSR count). The van der Waals surface area contributed by atoms with Crippen LogP contribution in [0.4, 0.5) is 0 Å². The van der Waals surface area contributed by atoms with Crippen LogP contribution in [-0.2, 0) is 11.2 Å². The molecule has 82 valence electrons. The predicted octanol–water partition coefficient (Wildman–Crippen LogP) is 3.00. The van der Waals surface area contributed by atoms with Crippen molar-refractivity contribution in [1.82, 2.24) is 0 Å². The molecule has 0 aliphatic heterocycles. The molecule has 16 heavy (non-hydrogen) atoms. The van der Waals surface area contributed by atoms with Gasteiger partial charge in [0.15, 0.2) is 0 Å². The lowest BCUT2D eigenvalue weighted by Gasteiger charge is -2.02. The molecule has 0 saturated heterocycles. The lowest BCUT2D eigenvalue weighted by atomic mass is 10.1. The van der Waals surface area contributed by atoms with E-state index in [1.165, 1.54) is 6.08 Å². The molecule has 0 fully saturated rings. The van der Waals surface area contributed by atoms with Crippen LogP contribution in [0.5, 0.6) is 0 Å². The third-order valence-corrected chi connectivity index (χ3v) is 2.74. The highest BCUT2D eigenvalue weighted by Crippen LogP contribution is 2.20. The Morgan fingerprint density at radius 3 is 2.88 bits per heavy atom. The molecule has 0 amide bonds. The Morgan fingerprint density at radius 1 is 1.56 bits per heavy atom. The molecule has 0 aromatic heterocycles. The van der Waals surface area contributed by atoms with Crippen LogP contribution in [0.25, 0.3) is 6.08 Å². The van der Waals surface area contributed by atoms with Crippen LogP contribution in [0.1, 0.15) is 17.5 Å². The lowest BCUT2D eigenvalue weighted by Crippen LogP contribution is -1.88. The van der Waals surface area contributed by atoms with Gasteiger partial charge in [0, 0.05) is 17.0 Å². The maximum Gasteiger partial charge on any atom is 0.328 e. The van der Waals surface area contributed by atoms with Crippen LogP contribution >= 0.6 is 15.9 Å². The zero-order valence-corrected chi connectivity index (χ0v) is 10.1. The lowest BCUT2D eigenvalue weighted by molar-refractivity contribution is -0.131. The van der Waals surface area contributed by atoms with Gasteiger partial charge >= 0.3 is 5.97 Å². The minimum atomic E-state index is -0.968. The molecule has 1 N–H and O–H groups in total. The van der Waals surface area contributed by atoms with Crippen molar-refractivity contribution in [2.24, 2.45) is 0 Å². The van der Waals surface area contributed by atoms with Crippen LogP contribution in [0.3, 0.4) is 0 Å². The van der Waals surface area contributed by atoms with Crippen LogP contribution < -0.4 is 0 Å². The fraction of sp³-hybridized carbons (Fsp3) is 0.167. The number of halogens is 1. The van der Waals surface area contributed by atoms with Crippen molar-refractivity contribution in [1.29, 1.82) is 5.26 Å². The molecule has 0 aliphatic rings. The average Bonchev–Trinajstić information content (AvgIpc) is 2.25. The fourth-order valence-electron chi connectivity index (χ4n) is 1.23. The van der Waals surface area contributed by atoms with Gasteiger partial charge in [-0.2, -0.15) is 5.26 Å². The highest BCUT2D eigenvalue weighted by molar-refractivity contribution is 9.10. The zero-order valence-electron chi connectivity index (χ0n) is 8.48. The van der Waals surface area contributed by atoms with Gasteiger partial charge in [-0.3, -0.25) is 0 Å². The van der Waals surface area contributed by atoms with Gasteiger partial charge in [-0.1, -0.05) is 28.1 Å². The summed E-state index contributed by atoms with van der Waals surface area (Å²) in [5, 5.41) is 17.0. The molecular formula is C12H10BrNO2. The van der Waals surface area contributed by atoms with E-state index in [0.717, 1.165) is 21.7 Å². The van der Waals surface area contributed by atoms with Gasteiger partial charge in [0.2, 0.25) is 0 Å². The standard InChI is InChI=1S/C12H10BrNO2/c13-11-8-9(4-6-12(15)16)3-5-10(11)2-1-7-14/h3-6,8H,1-2H2,(H,15,16)/b6-4+. The van der Waals surface area contributed by atoms with E-state index in [1.54, 1.807) is 0 Å². The number of hydrogen-bond acceptors (Lipinski definition) is 2. The number of carboxylic acid groups (broad SMARTS) is 1. The topological polar surface area (TPSA) is 61.1 Å². The average molecular weight is 280 g/mol. The van der Waals surface area contributed by atoms with Crippen molar-refractivity contribution in [3.05, 3.63) is 39.9 Å². The Balaban J connectivity index is 2.83. The zero-order chi connectivity index (χ0) is 12.0. The first-order chi connectivity index (χ1) is 7.63. The van der Waals surface area contributed by atoms with E-state index in [4.69, 9.17) is 10.4 Å². The quantitative estimate of drug-likeness (QED) is 0.862. The van der Waals surface area contributed by atoms with Crippen molar-refractivity contribution < 1.29 is 9.90 Å². The van der Waals surface area contributed by atoms with E-state index in [0.29, 0.717) is 12.8 Å². The van der Waals surface area contributed by atoms with Gasteiger partial charge in [0.25, 0.3) is 0 Å². The van der Waals surface area contributed by atoms with Crippen molar-refractivity contribution in [2.45, 2.75) is 12.8 Å². The minimum Gasteiger partial charge on any atom is -0.478 e. The number of carbonyl (C=O) groups is 1. The monoisotopic (exact) mass is 279 g/mol. The summed E-state index contributed by atoms with van der Waals surface area (Å²) >= 11 is 3.39. The summed E-state index contributed by atoms with van der Waals surface area (Å²) < 4.78 is 0.898. The minimum absolute atomic E-state index is 0.475. The highest BCUT2D eigenvalue weighted by atomic mass is 79.9. The maximum absolute atomic E-state index is 10.3. The molecule has 0 bridgehead atoms. The van der Waals surface area contributed by atoms with Crippen molar-refractivity contribution in [3.63, 3.8) is 0 Å². The normalized spacial score (nSPS) is 10.2. The van der Waals surface area contributed by atoms with E-state index in [9.17, 15) is 4.79 Å². The molecule has 3 nitrogen and oxygen atoms in total. The molecule has 0 radical (unpaired) electrons. The van der Waals surface area contributed by atoms with Gasteiger partial charge in [-0.15, -0.1) is 0 Å². The predicted molar refractivity (Wildman–Crippen MR) is 64.7 cm³/mol.